The van der Waals surface area contributed by atoms with Crippen LogP contribution in [0.4, 0.5) is 0 Å². The third kappa shape index (κ3) is 2.74. The SMILES string of the molecule is CCC(Br)C1CCCC(OC)C1. The zero-order chi connectivity index (χ0) is 8.97. The number of alkyl halides is 1. The van der Waals surface area contributed by atoms with E-state index in [0.717, 1.165) is 5.92 Å². The van der Waals surface area contributed by atoms with Gasteiger partial charge in [0.1, 0.15) is 0 Å². The van der Waals surface area contributed by atoms with Gasteiger partial charge in [-0.25, -0.2) is 0 Å². The molecular formula is C10H19BrO. The van der Waals surface area contributed by atoms with Gasteiger partial charge >= 0.3 is 0 Å². The molecule has 1 rings (SSSR count). The predicted molar refractivity (Wildman–Crippen MR) is 55.8 cm³/mol. The summed E-state index contributed by atoms with van der Waals surface area (Å²) in [6.45, 7) is 2.25. The van der Waals surface area contributed by atoms with E-state index in [4.69, 9.17) is 4.74 Å². The monoisotopic (exact) mass is 234 g/mol. The summed E-state index contributed by atoms with van der Waals surface area (Å²) in [4.78, 5) is 0.704. The maximum Gasteiger partial charge on any atom is 0.0574 e. The third-order valence-electron chi connectivity index (χ3n) is 2.90. The van der Waals surface area contributed by atoms with E-state index in [0.29, 0.717) is 10.9 Å². The minimum Gasteiger partial charge on any atom is -0.381 e. The van der Waals surface area contributed by atoms with Gasteiger partial charge in [-0.15, -0.1) is 0 Å². The Morgan fingerprint density at radius 2 is 2.25 bits per heavy atom. The van der Waals surface area contributed by atoms with Gasteiger partial charge in [-0.1, -0.05) is 29.3 Å². The summed E-state index contributed by atoms with van der Waals surface area (Å²) >= 11 is 3.74. The molecular weight excluding hydrogens is 216 g/mol. The molecule has 3 atom stereocenters. The number of ether oxygens (including phenoxy) is 1. The summed E-state index contributed by atoms with van der Waals surface area (Å²) in [5.41, 5.74) is 0. The quantitative estimate of drug-likeness (QED) is 0.681. The number of hydrogen-bond donors (Lipinski definition) is 0. The van der Waals surface area contributed by atoms with Crippen LogP contribution in [-0.4, -0.2) is 18.0 Å². The van der Waals surface area contributed by atoms with Crippen LogP contribution in [0.5, 0.6) is 0 Å². The Labute approximate surface area is 84.0 Å². The first-order valence-corrected chi connectivity index (χ1v) is 5.86. The molecule has 1 aliphatic rings. The lowest BCUT2D eigenvalue weighted by Crippen LogP contribution is -2.26. The van der Waals surface area contributed by atoms with Crippen LogP contribution in [0.2, 0.25) is 0 Å². The molecule has 0 radical (unpaired) electrons. The van der Waals surface area contributed by atoms with Crippen molar-refractivity contribution in [1.29, 1.82) is 0 Å². The second-order valence-corrected chi connectivity index (χ2v) is 4.88. The van der Waals surface area contributed by atoms with Crippen LogP contribution in [0.1, 0.15) is 39.0 Å². The summed E-state index contributed by atoms with van der Waals surface area (Å²) < 4.78 is 5.40. The van der Waals surface area contributed by atoms with Gasteiger partial charge in [0, 0.05) is 11.9 Å². The highest BCUT2D eigenvalue weighted by Gasteiger charge is 2.25. The average Bonchev–Trinajstić information content (AvgIpc) is 2.17. The van der Waals surface area contributed by atoms with Gasteiger partial charge in [-0.3, -0.25) is 0 Å². The van der Waals surface area contributed by atoms with Crippen LogP contribution < -0.4 is 0 Å². The molecule has 1 saturated carbocycles. The first-order valence-electron chi connectivity index (χ1n) is 4.94. The van der Waals surface area contributed by atoms with Crippen LogP contribution in [-0.2, 0) is 4.74 Å². The summed E-state index contributed by atoms with van der Waals surface area (Å²) in [7, 11) is 1.84. The molecule has 1 fully saturated rings. The lowest BCUT2D eigenvalue weighted by atomic mass is 9.84. The molecule has 0 saturated heterocycles. The van der Waals surface area contributed by atoms with E-state index in [1.54, 1.807) is 0 Å². The van der Waals surface area contributed by atoms with Crippen molar-refractivity contribution in [3.63, 3.8) is 0 Å². The minimum atomic E-state index is 0.523. The molecule has 0 aliphatic heterocycles. The molecule has 0 bridgehead atoms. The van der Waals surface area contributed by atoms with E-state index in [9.17, 15) is 0 Å². The Morgan fingerprint density at radius 3 is 2.83 bits per heavy atom. The highest BCUT2D eigenvalue weighted by atomic mass is 79.9. The molecule has 2 heteroatoms. The van der Waals surface area contributed by atoms with E-state index < -0.39 is 0 Å². The minimum absolute atomic E-state index is 0.523. The van der Waals surface area contributed by atoms with E-state index in [-0.39, 0.29) is 0 Å². The number of methoxy groups -OCH3 is 1. The van der Waals surface area contributed by atoms with Gasteiger partial charge in [0.25, 0.3) is 0 Å². The second-order valence-electron chi connectivity index (χ2n) is 3.71. The molecule has 12 heavy (non-hydrogen) atoms. The Kier molecular flexibility index (Phi) is 4.59. The van der Waals surface area contributed by atoms with Crippen molar-refractivity contribution in [2.45, 2.75) is 50.0 Å². The van der Waals surface area contributed by atoms with Crippen molar-refractivity contribution in [3.05, 3.63) is 0 Å². The van der Waals surface area contributed by atoms with Crippen molar-refractivity contribution in [2.75, 3.05) is 7.11 Å². The molecule has 0 aromatic carbocycles. The van der Waals surface area contributed by atoms with E-state index in [1.165, 1.54) is 32.1 Å². The van der Waals surface area contributed by atoms with Crippen LogP contribution in [0.25, 0.3) is 0 Å². The Balaban J connectivity index is 2.34. The molecule has 0 amide bonds. The van der Waals surface area contributed by atoms with E-state index >= 15 is 0 Å². The Morgan fingerprint density at radius 1 is 1.50 bits per heavy atom. The molecule has 0 N–H and O–H groups in total. The van der Waals surface area contributed by atoms with Crippen LogP contribution in [0, 0.1) is 5.92 Å². The van der Waals surface area contributed by atoms with Crippen molar-refractivity contribution < 1.29 is 4.74 Å². The highest BCUT2D eigenvalue weighted by molar-refractivity contribution is 9.09. The number of halogens is 1. The van der Waals surface area contributed by atoms with Gasteiger partial charge in [-0.2, -0.15) is 0 Å². The standard InChI is InChI=1S/C10H19BrO/c1-3-10(11)8-5-4-6-9(7-8)12-2/h8-10H,3-7H2,1-2H3. The van der Waals surface area contributed by atoms with Gasteiger partial charge < -0.3 is 4.74 Å². The topological polar surface area (TPSA) is 9.23 Å². The molecule has 0 heterocycles. The molecule has 0 aromatic heterocycles. The molecule has 3 unspecified atom stereocenters. The maximum atomic E-state index is 5.40. The Bertz CT molecular complexity index is 125. The van der Waals surface area contributed by atoms with Crippen molar-refractivity contribution in [1.82, 2.24) is 0 Å². The van der Waals surface area contributed by atoms with Crippen molar-refractivity contribution >= 4 is 15.9 Å². The smallest absolute Gasteiger partial charge is 0.0574 e. The van der Waals surface area contributed by atoms with Gasteiger partial charge in [0.2, 0.25) is 0 Å². The van der Waals surface area contributed by atoms with E-state index in [1.807, 2.05) is 7.11 Å². The van der Waals surface area contributed by atoms with Crippen molar-refractivity contribution in [3.8, 4) is 0 Å². The third-order valence-corrected chi connectivity index (χ3v) is 4.30. The molecule has 72 valence electrons. The first kappa shape index (κ1) is 10.5. The highest BCUT2D eigenvalue weighted by Crippen LogP contribution is 2.32. The second kappa shape index (κ2) is 5.23. The summed E-state index contributed by atoms with van der Waals surface area (Å²) in [6, 6.07) is 0. The largest absolute Gasteiger partial charge is 0.381 e. The fourth-order valence-electron chi connectivity index (χ4n) is 2.06. The van der Waals surface area contributed by atoms with Crippen LogP contribution in [0.3, 0.4) is 0 Å². The molecule has 1 aliphatic carbocycles. The van der Waals surface area contributed by atoms with Gasteiger partial charge in [0.15, 0.2) is 0 Å². The van der Waals surface area contributed by atoms with Crippen LogP contribution >= 0.6 is 15.9 Å². The Hall–Kier alpha value is 0.440. The van der Waals surface area contributed by atoms with E-state index in [2.05, 4.69) is 22.9 Å². The maximum absolute atomic E-state index is 5.40. The lowest BCUT2D eigenvalue weighted by molar-refractivity contribution is 0.0504. The van der Waals surface area contributed by atoms with Gasteiger partial charge in [0.05, 0.1) is 6.10 Å². The number of hydrogen-bond acceptors (Lipinski definition) is 1. The summed E-state index contributed by atoms with van der Waals surface area (Å²) in [6.07, 6.45) is 6.99. The molecule has 1 nitrogen and oxygen atoms in total. The number of rotatable bonds is 3. The average molecular weight is 235 g/mol. The fraction of sp³-hybridized carbons (Fsp3) is 1.00. The summed E-state index contributed by atoms with van der Waals surface area (Å²) in [5, 5.41) is 0. The molecule has 0 aromatic rings. The normalized spacial score (nSPS) is 33.2. The van der Waals surface area contributed by atoms with Crippen molar-refractivity contribution in [2.24, 2.45) is 5.92 Å². The fourth-order valence-corrected chi connectivity index (χ4v) is 2.54. The summed E-state index contributed by atoms with van der Waals surface area (Å²) in [5.74, 6) is 0.841. The van der Waals surface area contributed by atoms with Gasteiger partial charge in [-0.05, 0) is 31.6 Å². The zero-order valence-electron chi connectivity index (χ0n) is 8.05. The predicted octanol–water partition coefficient (Wildman–Crippen LogP) is 3.37. The first-order chi connectivity index (χ1) is 5.77. The molecule has 0 spiro atoms. The zero-order valence-corrected chi connectivity index (χ0v) is 9.64. The van der Waals surface area contributed by atoms with Crippen LogP contribution in [0.15, 0.2) is 0 Å². The lowest BCUT2D eigenvalue weighted by Gasteiger charge is -2.30.